The van der Waals surface area contributed by atoms with Crippen molar-refractivity contribution in [2.75, 3.05) is 19.7 Å². The highest BCUT2D eigenvalue weighted by Gasteiger charge is 2.37. The Hall–Kier alpha value is -1.74. The molecule has 2 atom stereocenters. The SMILES string of the molecule is C#C[C@@H]1CN(C(=O)OC(C)(C)C)C[C@H]1OCC(=O)O. The van der Waals surface area contributed by atoms with E-state index in [1.807, 2.05) is 0 Å². The van der Waals surface area contributed by atoms with Crippen molar-refractivity contribution in [1.82, 2.24) is 4.90 Å². The summed E-state index contributed by atoms with van der Waals surface area (Å²) in [4.78, 5) is 23.8. The third kappa shape index (κ3) is 4.79. The molecule has 1 heterocycles. The minimum Gasteiger partial charge on any atom is -0.480 e. The first-order valence-electron chi connectivity index (χ1n) is 6.00. The summed E-state index contributed by atoms with van der Waals surface area (Å²) in [6.07, 6.45) is 4.44. The van der Waals surface area contributed by atoms with E-state index in [1.54, 1.807) is 20.8 Å². The lowest BCUT2D eigenvalue weighted by atomic mass is 10.1. The van der Waals surface area contributed by atoms with Gasteiger partial charge in [-0.15, -0.1) is 6.42 Å². The van der Waals surface area contributed by atoms with E-state index < -0.39 is 30.4 Å². The summed E-state index contributed by atoms with van der Waals surface area (Å²) in [5, 5.41) is 8.58. The van der Waals surface area contributed by atoms with Crippen molar-refractivity contribution in [3.8, 4) is 12.3 Å². The fraction of sp³-hybridized carbons (Fsp3) is 0.692. The van der Waals surface area contributed by atoms with Crippen LogP contribution in [0, 0.1) is 18.3 Å². The van der Waals surface area contributed by atoms with Crippen LogP contribution in [0.4, 0.5) is 4.79 Å². The Morgan fingerprint density at radius 1 is 1.42 bits per heavy atom. The van der Waals surface area contributed by atoms with Gasteiger partial charge in [-0.1, -0.05) is 5.92 Å². The Bertz CT molecular complexity index is 393. The second-order valence-electron chi connectivity index (χ2n) is 5.40. The lowest BCUT2D eigenvalue weighted by Crippen LogP contribution is -2.36. The molecule has 0 saturated carbocycles. The smallest absolute Gasteiger partial charge is 0.410 e. The van der Waals surface area contributed by atoms with Gasteiger partial charge in [0.05, 0.1) is 18.6 Å². The van der Waals surface area contributed by atoms with Crippen molar-refractivity contribution in [2.45, 2.75) is 32.5 Å². The zero-order chi connectivity index (χ0) is 14.6. The van der Waals surface area contributed by atoms with Crippen LogP contribution in [0.3, 0.4) is 0 Å². The second-order valence-corrected chi connectivity index (χ2v) is 5.40. The molecule has 0 aromatic rings. The van der Waals surface area contributed by atoms with Crippen molar-refractivity contribution in [2.24, 2.45) is 5.92 Å². The number of carbonyl (C=O) groups excluding carboxylic acids is 1. The number of amides is 1. The number of aliphatic carboxylic acids is 1. The van der Waals surface area contributed by atoms with Crippen molar-refractivity contribution < 1.29 is 24.2 Å². The largest absolute Gasteiger partial charge is 0.480 e. The van der Waals surface area contributed by atoms with E-state index in [0.29, 0.717) is 6.54 Å². The molecule has 1 amide bonds. The molecule has 6 nitrogen and oxygen atoms in total. The van der Waals surface area contributed by atoms with Gasteiger partial charge in [-0.25, -0.2) is 9.59 Å². The standard InChI is InChI=1S/C13H19NO5/c1-5-9-6-14(12(17)19-13(2,3)4)7-10(9)18-8-11(15)16/h1,9-10H,6-8H2,2-4H3,(H,15,16)/t9-,10-/m1/s1. The summed E-state index contributed by atoms with van der Waals surface area (Å²) in [6.45, 7) is 5.46. The topological polar surface area (TPSA) is 76.1 Å². The van der Waals surface area contributed by atoms with Crippen LogP contribution in [0.2, 0.25) is 0 Å². The zero-order valence-electron chi connectivity index (χ0n) is 11.4. The van der Waals surface area contributed by atoms with Crippen LogP contribution in [0.1, 0.15) is 20.8 Å². The lowest BCUT2D eigenvalue weighted by Gasteiger charge is -2.24. The number of rotatable bonds is 3. The summed E-state index contributed by atoms with van der Waals surface area (Å²) in [5.74, 6) is 1.14. The molecule has 1 aliphatic rings. The molecule has 1 fully saturated rings. The van der Waals surface area contributed by atoms with Crippen LogP contribution in [0.25, 0.3) is 0 Å². The van der Waals surface area contributed by atoms with E-state index in [1.165, 1.54) is 4.90 Å². The number of ether oxygens (including phenoxy) is 2. The number of likely N-dealkylation sites (tertiary alicyclic amines) is 1. The van der Waals surface area contributed by atoms with E-state index in [-0.39, 0.29) is 12.5 Å². The molecule has 19 heavy (non-hydrogen) atoms. The van der Waals surface area contributed by atoms with E-state index in [9.17, 15) is 9.59 Å². The van der Waals surface area contributed by atoms with Gasteiger partial charge in [0, 0.05) is 6.54 Å². The molecule has 0 unspecified atom stereocenters. The molecule has 0 radical (unpaired) electrons. The molecular weight excluding hydrogens is 250 g/mol. The Morgan fingerprint density at radius 3 is 2.53 bits per heavy atom. The zero-order valence-corrected chi connectivity index (χ0v) is 11.4. The van der Waals surface area contributed by atoms with Crippen LogP contribution >= 0.6 is 0 Å². The van der Waals surface area contributed by atoms with Gasteiger partial charge in [-0.2, -0.15) is 0 Å². The van der Waals surface area contributed by atoms with Crippen LogP contribution in [0.5, 0.6) is 0 Å². The molecule has 0 aromatic heterocycles. The first-order valence-corrected chi connectivity index (χ1v) is 6.00. The second kappa shape index (κ2) is 5.93. The van der Waals surface area contributed by atoms with Gasteiger partial charge in [0.1, 0.15) is 12.2 Å². The Morgan fingerprint density at radius 2 is 2.05 bits per heavy atom. The van der Waals surface area contributed by atoms with Gasteiger partial charge < -0.3 is 19.5 Å². The first-order chi connectivity index (χ1) is 8.73. The van der Waals surface area contributed by atoms with Gasteiger partial charge in [0.15, 0.2) is 0 Å². The maximum atomic E-state index is 11.9. The van der Waals surface area contributed by atoms with E-state index in [0.717, 1.165) is 0 Å². The summed E-state index contributed by atoms with van der Waals surface area (Å²) in [5.41, 5.74) is -0.581. The molecule has 1 saturated heterocycles. The molecule has 1 N–H and O–H groups in total. The molecule has 106 valence electrons. The van der Waals surface area contributed by atoms with Crippen LogP contribution in [-0.2, 0) is 14.3 Å². The fourth-order valence-electron chi connectivity index (χ4n) is 1.76. The first kappa shape index (κ1) is 15.3. The lowest BCUT2D eigenvalue weighted by molar-refractivity contribution is -0.144. The summed E-state index contributed by atoms with van der Waals surface area (Å²) < 4.78 is 10.4. The third-order valence-corrected chi connectivity index (χ3v) is 2.55. The Balaban J connectivity index is 2.59. The molecule has 6 heteroatoms. The number of carboxylic acid groups (broad SMARTS) is 1. The Kier molecular flexibility index (Phi) is 4.78. The normalized spacial score (nSPS) is 22.9. The summed E-state index contributed by atoms with van der Waals surface area (Å²) >= 11 is 0. The number of nitrogens with zero attached hydrogens (tertiary/aromatic N) is 1. The van der Waals surface area contributed by atoms with Gasteiger partial charge in [0.25, 0.3) is 0 Å². The summed E-state index contributed by atoms with van der Waals surface area (Å²) in [7, 11) is 0. The van der Waals surface area contributed by atoms with Crippen LogP contribution in [0.15, 0.2) is 0 Å². The number of hydrogen-bond donors (Lipinski definition) is 1. The maximum absolute atomic E-state index is 11.9. The van der Waals surface area contributed by atoms with Gasteiger partial charge in [-0.05, 0) is 20.8 Å². The molecule has 1 rings (SSSR count). The number of hydrogen-bond acceptors (Lipinski definition) is 4. The van der Waals surface area contributed by atoms with E-state index in [2.05, 4.69) is 5.92 Å². The van der Waals surface area contributed by atoms with Gasteiger partial charge >= 0.3 is 12.1 Å². The average Bonchev–Trinajstić information content (AvgIpc) is 2.67. The minimum absolute atomic E-state index is 0.247. The predicted molar refractivity (Wildman–Crippen MR) is 67.5 cm³/mol. The van der Waals surface area contributed by atoms with E-state index in [4.69, 9.17) is 21.0 Å². The van der Waals surface area contributed by atoms with Crippen LogP contribution in [-0.4, -0.2) is 53.5 Å². The molecule has 0 bridgehead atoms. The highest BCUT2D eigenvalue weighted by Crippen LogP contribution is 2.21. The van der Waals surface area contributed by atoms with E-state index >= 15 is 0 Å². The quantitative estimate of drug-likeness (QED) is 0.772. The van der Waals surface area contributed by atoms with Crippen molar-refractivity contribution in [3.05, 3.63) is 0 Å². The Labute approximate surface area is 112 Å². The number of carbonyl (C=O) groups is 2. The number of carboxylic acids is 1. The minimum atomic E-state index is -1.06. The molecule has 0 aliphatic carbocycles. The summed E-state index contributed by atoms with van der Waals surface area (Å²) in [6, 6.07) is 0. The maximum Gasteiger partial charge on any atom is 0.410 e. The van der Waals surface area contributed by atoms with Crippen LogP contribution < -0.4 is 0 Å². The third-order valence-electron chi connectivity index (χ3n) is 2.55. The number of terminal acetylenes is 1. The fourth-order valence-corrected chi connectivity index (χ4v) is 1.76. The van der Waals surface area contributed by atoms with Crippen molar-refractivity contribution in [1.29, 1.82) is 0 Å². The van der Waals surface area contributed by atoms with Gasteiger partial charge in [0.2, 0.25) is 0 Å². The van der Waals surface area contributed by atoms with Gasteiger partial charge in [-0.3, -0.25) is 0 Å². The highest BCUT2D eigenvalue weighted by molar-refractivity contribution is 5.69. The van der Waals surface area contributed by atoms with Crippen molar-refractivity contribution in [3.63, 3.8) is 0 Å². The highest BCUT2D eigenvalue weighted by atomic mass is 16.6. The molecule has 0 aromatic carbocycles. The van der Waals surface area contributed by atoms with Crippen molar-refractivity contribution >= 4 is 12.1 Å². The molecule has 1 aliphatic heterocycles. The predicted octanol–water partition coefficient (Wildman–Crippen LogP) is 0.956. The average molecular weight is 269 g/mol. The monoisotopic (exact) mass is 269 g/mol. The molecule has 0 spiro atoms. The molecular formula is C13H19NO5.